The van der Waals surface area contributed by atoms with Crippen LogP contribution in [0.15, 0.2) is 22.6 Å². The van der Waals surface area contributed by atoms with Gasteiger partial charge in [0.15, 0.2) is 5.76 Å². The van der Waals surface area contributed by atoms with Crippen molar-refractivity contribution < 1.29 is 14.3 Å². The van der Waals surface area contributed by atoms with E-state index in [-0.39, 0.29) is 18.6 Å². The third-order valence-electron chi connectivity index (χ3n) is 3.41. The van der Waals surface area contributed by atoms with Gasteiger partial charge in [0, 0.05) is 28.6 Å². The van der Waals surface area contributed by atoms with E-state index in [0.29, 0.717) is 22.8 Å². The standard InChI is InChI=1S/C15H18ClNO3/c1-3-11(6-7-18)17-15(19)14-9(2)12-8-10(16)4-5-13(12)20-14/h4-5,8,11,18H,3,6-7H2,1-2H3,(H,17,19). The second-order valence-corrected chi connectivity index (χ2v) is 5.22. The summed E-state index contributed by atoms with van der Waals surface area (Å²) in [6.07, 6.45) is 1.30. The van der Waals surface area contributed by atoms with Crippen LogP contribution in [-0.4, -0.2) is 23.7 Å². The first-order chi connectivity index (χ1) is 9.56. The van der Waals surface area contributed by atoms with Crippen molar-refractivity contribution >= 4 is 28.5 Å². The molecule has 4 nitrogen and oxygen atoms in total. The molecule has 5 heteroatoms. The topological polar surface area (TPSA) is 62.5 Å². The summed E-state index contributed by atoms with van der Waals surface area (Å²) in [5.41, 5.74) is 1.42. The second kappa shape index (κ2) is 6.29. The van der Waals surface area contributed by atoms with Crippen molar-refractivity contribution in [2.45, 2.75) is 32.7 Å². The van der Waals surface area contributed by atoms with E-state index in [1.165, 1.54) is 0 Å². The van der Waals surface area contributed by atoms with E-state index in [1.807, 2.05) is 13.8 Å². The average molecular weight is 296 g/mol. The Morgan fingerprint density at radius 3 is 2.90 bits per heavy atom. The van der Waals surface area contributed by atoms with Crippen molar-refractivity contribution in [1.82, 2.24) is 5.32 Å². The van der Waals surface area contributed by atoms with E-state index in [4.69, 9.17) is 21.1 Å². The molecule has 2 N–H and O–H groups in total. The lowest BCUT2D eigenvalue weighted by Gasteiger charge is -2.14. The molecule has 0 radical (unpaired) electrons. The Balaban J connectivity index is 2.28. The van der Waals surface area contributed by atoms with Gasteiger partial charge >= 0.3 is 0 Å². The monoisotopic (exact) mass is 295 g/mol. The highest BCUT2D eigenvalue weighted by atomic mass is 35.5. The van der Waals surface area contributed by atoms with Gasteiger partial charge in [-0.05, 0) is 38.0 Å². The fourth-order valence-electron chi connectivity index (χ4n) is 2.19. The number of nitrogens with one attached hydrogen (secondary N) is 1. The largest absolute Gasteiger partial charge is 0.451 e. The quantitative estimate of drug-likeness (QED) is 0.890. The van der Waals surface area contributed by atoms with E-state index in [0.717, 1.165) is 17.4 Å². The number of benzene rings is 1. The Kier molecular flexibility index (Phi) is 4.68. The van der Waals surface area contributed by atoms with Gasteiger partial charge in [-0.25, -0.2) is 0 Å². The van der Waals surface area contributed by atoms with Gasteiger partial charge in [0.05, 0.1) is 0 Å². The predicted molar refractivity (Wildman–Crippen MR) is 79.2 cm³/mol. The number of halogens is 1. The van der Waals surface area contributed by atoms with Gasteiger partial charge in [0.1, 0.15) is 5.58 Å². The van der Waals surface area contributed by atoms with Gasteiger partial charge in [-0.1, -0.05) is 18.5 Å². The zero-order valence-electron chi connectivity index (χ0n) is 11.6. The molecule has 1 unspecified atom stereocenters. The summed E-state index contributed by atoms with van der Waals surface area (Å²) in [6.45, 7) is 3.85. The lowest BCUT2D eigenvalue weighted by atomic mass is 10.1. The van der Waals surface area contributed by atoms with Crippen LogP contribution in [0.3, 0.4) is 0 Å². The van der Waals surface area contributed by atoms with Gasteiger partial charge in [-0.3, -0.25) is 4.79 Å². The Bertz CT molecular complexity index is 621. The first kappa shape index (κ1) is 14.9. The third kappa shape index (κ3) is 2.97. The molecule has 0 fully saturated rings. The third-order valence-corrected chi connectivity index (χ3v) is 3.65. The van der Waals surface area contributed by atoms with Crippen LogP contribution in [0.25, 0.3) is 11.0 Å². The molecule has 20 heavy (non-hydrogen) atoms. The van der Waals surface area contributed by atoms with Gasteiger partial charge in [-0.2, -0.15) is 0 Å². The summed E-state index contributed by atoms with van der Waals surface area (Å²) in [5, 5.41) is 13.3. The molecule has 1 aromatic carbocycles. The zero-order chi connectivity index (χ0) is 14.7. The molecule has 0 saturated heterocycles. The number of aliphatic hydroxyl groups excluding tert-OH is 1. The number of hydrogen-bond acceptors (Lipinski definition) is 3. The Morgan fingerprint density at radius 2 is 2.25 bits per heavy atom. The number of aryl methyl sites for hydroxylation is 1. The van der Waals surface area contributed by atoms with E-state index < -0.39 is 0 Å². The number of rotatable bonds is 5. The van der Waals surface area contributed by atoms with Crippen LogP contribution in [0.5, 0.6) is 0 Å². The van der Waals surface area contributed by atoms with Crippen molar-refractivity contribution in [2.24, 2.45) is 0 Å². The predicted octanol–water partition coefficient (Wildman–Crippen LogP) is 3.29. The van der Waals surface area contributed by atoms with E-state index in [9.17, 15) is 4.79 Å². The van der Waals surface area contributed by atoms with Crippen molar-refractivity contribution in [1.29, 1.82) is 0 Å². The molecule has 0 bridgehead atoms. The maximum atomic E-state index is 12.2. The highest BCUT2D eigenvalue weighted by molar-refractivity contribution is 6.31. The summed E-state index contributed by atoms with van der Waals surface area (Å²) < 4.78 is 5.61. The lowest BCUT2D eigenvalue weighted by Crippen LogP contribution is -2.35. The fourth-order valence-corrected chi connectivity index (χ4v) is 2.37. The smallest absolute Gasteiger partial charge is 0.287 e. The minimum Gasteiger partial charge on any atom is -0.451 e. The minimum absolute atomic E-state index is 0.0491. The Hall–Kier alpha value is -1.52. The molecule has 2 rings (SSSR count). The normalized spacial score (nSPS) is 12.6. The van der Waals surface area contributed by atoms with Crippen molar-refractivity contribution in [3.05, 3.63) is 34.5 Å². The fraction of sp³-hybridized carbons (Fsp3) is 0.400. The maximum absolute atomic E-state index is 12.2. The van der Waals surface area contributed by atoms with Crippen LogP contribution in [-0.2, 0) is 0 Å². The van der Waals surface area contributed by atoms with Gasteiger partial charge in [0.25, 0.3) is 5.91 Å². The van der Waals surface area contributed by atoms with Gasteiger partial charge in [-0.15, -0.1) is 0 Å². The van der Waals surface area contributed by atoms with Crippen LogP contribution >= 0.6 is 11.6 Å². The number of furan rings is 1. The summed E-state index contributed by atoms with van der Waals surface area (Å²) in [6, 6.07) is 5.22. The highest BCUT2D eigenvalue weighted by Gasteiger charge is 2.20. The van der Waals surface area contributed by atoms with Crippen LogP contribution in [0, 0.1) is 6.92 Å². The molecule has 1 heterocycles. The van der Waals surface area contributed by atoms with Crippen LogP contribution < -0.4 is 5.32 Å². The molecule has 0 aliphatic rings. The van der Waals surface area contributed by atoms with Crippen LogP contribution in [0.1, 0.15) is 35.9 Å². The Labute approximate surface area is 122 Å². The maximum Gasteiger partial charge on any atom is 0.287 e. The minimum atomic E-state index is -0.255. The average Bonchev–Trinajstić information content (AvgIpc) is 2.75. The number of aliphatic hydroxyl groups is 1. The number of carbonyl (C=O) groups excluding carboxylic acids is 1. The molecular weight excluding hydrogens is 278 g/mol. The molecule has 108 valence electrons. The summed E-state index contributed by atoms with van der Waals surface area (Å²) in [7, 11) is 0. The first-order valence-corrected chi connectivity index (χ1v) is 7.05. The highest BCUT2D eigenvalue weighted by Crippen LogP contribution is 2.27. The Morgan fingerprint density at radius 1 is 1.50 bits per heavy atom. The molecular formula is C15H18ClNO3. The number of fused-ring (bicyclic) bond motifs is 1. The molecule has 1 aromatic heterocycles. The van der Waals surface area contributed by atoms with Crippen molar-refractivity contribution in [3.63, 3.8) is 0 Å². The number of carbonyl (C=O) groups is 1. The molecule has 2 aromatic rings. The molecule has 1 atom stereocenters. The number of amides is 1. The first-order valence-electron chi connectivity index (χ1n) is 6.67. The molecule has 0 aliphatic heterocycles. The summed E-state index contributed by atoms with van der Waals surface area (Å²) in [5.74, 6) is 0.0498. The lowest BCUT2D eigenvalue weighted by molar-refractivity contribution is 0.0902. The summed E-state index contributed by atoms with van der Waals surface area (Å²) >= 11 is 5.96. The molecule has 0 spiro atoms. The SMILES string of the molecule is CCC(CCO)NC(=O)c1oc2ccc(Cl)cc2c1C. The van der Waals surface area contributed by atoms with E-state index in [1.54, 1.807) is 18.2 Å². The van der Waals surface area contributed by atoms with Crippen molar-refractivity contribution in [2.75, 3.05) is 6.61 Å². The van der Waals surface area contributed by atoms with E-state index >= 15 is 0 Å². The number of hydrogen-bond donors (Lipinski definition) is 2. The van der Waals surface area contributed by atoms with Gasteiger partial charge in [0.2, 0.25) is 0 Å². The molecule has 1 amide bonds. The van der Waals surface area contributed by atoms with E-state index in [2.05, 4.69) is 5.32 Å². The molecule has 0 aliphatic carbocycles. The van der Waals surface area contributed by atoms with Crippen LogP contribution in [0.4, 0.5) is 0 Å². The van der Waals surface area contributed by atoms with Crippen molar-refractivity contribution in [3.8, 4) is 0 Å². The zero-order valence-corrected chi connectivity index (χ0v) is 12.3. The summed E-state index contributed by atoms with van der Waals surface area (Å²) in [4.78, 5) is 12.2. The van der Waals surface area contributed by atoms with Gasteiger partial charge < -0.3 is 14.8 Å². The molecule has 0 saturated carbocycles. The second-order valence-electron chi connectivity index (χ2n) is 4.79. The van der Waals surface area contributed by atoms with Crippen LogP contribution in [0.2, 0.25) is 5.02 Å².